The lowest BCUT2D eigenvalue weighted by Crippen LogP contribution is -2.47. The largest absolute Gasteiger partial charge is 0.375 e. The molecule has 0 saturated heterocycles. The number of nitrogens with zero attached hydrogens (tertiary/aromatic N) is 1. The summed E-state index contributed by atoms with van der Waals surface area (Å²) in [6, 6.07) is 20.3. The first-order valence-electron chi connectivity index (χ1n) is 8.38. The van der Waals surface area contributed by atoms with E-state index in [1.807, 2.05) is 47.4 Å². The fourth-order valence-electron chi connectivity index (χ4n) is 2.99. The molecule has 1 heterocycles. The number of carbonyl (C=O) groups excluding carboxylic acids is 1. The normalized spacial score (nSPS) is 20.4. The molecule has 2 unspecified atom stereocenters. The van der Waals surface area contributed by atoms with Gasteiger partial charge in [-0.3, -0.25) is 4.79 Å². The number of carbonyl (C=O) groups is 1. The van der Waals surface area contributed by atoms with Crippen LogP contribution >= 0.6 is 0 Å². The van der Waals surface area contributed by atoms with Crippen molar-refractivity contribution in [1.82, 2.24) is 4.90 Å². The SMILES string of the molecule is CC1C=CC(=O)N(Cc2ccccc2)C1COCc1ccccc1. The zero-order valence-corrected chi connectivity index (χ0v) is 14.0. The van der Waals surface area contributed by atoms with Crippen LogP contribution in [-0.4, -0.2) is 23.5 Å². The molecule has 3 rings (SSSR count). The van der Waals surface area contributed by atoms with Crippen molar-refractivity contribution in [3.63, 3.8) is 0 Å². The maximum absolute atomic E-state index is 12.4. The van der Waals surface area contributed by atoms with Crippen LogP contribution in [0.5, 0.6) is 0 Å². The molecule has 3 heteroatoms. The molecule has 0 radical (unpaired) electrons. The van der Waals surface area contributed by atoms with Crippen LogP contribution in [0, 0.1) is 5.92 Å². The molecule has 2 aromatic rings. The van der Waals surface area contributed by atoms with Crippen molar-refractivity contribution in [2.24, 2.45) is 5.92 Å². The Morgan fingerprint density at radius 3 is 2.25 bits per heavy atom. The number of rotatable bonds is 6. The predicted molar refractivity (Wildman–Crippen MR) is 95.2 cm³/mol. The van der Waals surface area contributed by atoms with Crippen molar-refractivity contribution >= 4 is 5.91 Å². The van der Waals surface area contributed by atoms with Crippen molar-refractivity contribution in [1.29, 1.82) is 0 Å². The molecule has 0 bridgehead atoms. The van der Waals surface area contributed by atoms with E-state index in [-0.39, 0.29) is 17.9 Å². The minimum absolute atomic E-state index is 0.0604. The summed E-state index contributed by atoms with van der Waals surface area (Å²) in [5, 5.41) is 0. The van der Waals surface area contributed by atoms with E-state index in [1.165, 1.54) is 0 Å². The van der Waals surface area contributed by atoms with Gasteiger partial charge >= 0.3 is 0 Å². The summed E-state index contributed by atoms with van der Waals surface area (Å²) in [7, 11) is 0. The molecule has 2 atom stereocenters. The van der Waals surface area contributed by atoms with E-state index in [1.54, 1.807) is 6.08 Å². The third-order valence-corrected chi connectivity index (χ3v) is 4.43. The van der Waals surface area contributed by atoms with Gasteiger partial charge in [-0.25, -0.2) is 0 Å². The van der Waals surface area contributed by atoms with Crippen LogP contribution < -0.4 is 0 Å². The van der Waals surface area contributed by atoms with Crippen LogP contribution in [0.15, 0.2) is 72.8 Å². The third kappa shape index (κ3) is 4.12. The molecule has 0 aliphatic carbocycles. The lowest BCUT2D eigenvalue weighted by molar-refractivity contribution is -0.132. The summed E-state index contributed by atoms with van der Waals surface area (Å²) in [4.78, 5) is 14.3. The second kappa shape index (κ2) is 7.93. The Balaban J connectivity index is 1.65. The maximum Gasteiger partial charge on any atom is 0.246 e. The minimum Gasteiger partial charge on any atom is -0.375 e. The van der Waals surface area contributed by atoms with Crippen LogP contribution in [0.4, 0.5) is 0 Å². The van der Waals surface area contributed by atoms with E-state index >= 15 is 0 Å². The van der Waals surface area contributed by atoms with Gasteiger partial charge in [0.05, 0.1) is 19.3 Å². The second-order valence-corrected chi connectivity index (χ2v) is 6.24. The van der Waals surface area contributed by atoms with Gasteiger partial charge in [-0.05, 0) is 23.1 Å². The van der Waals surface area contributed by atoms with Crippen LogP contribution in [-0.2, 0) is 22.7 Å². The molecule has 1 aliphatic rings. The molecule has 3 nitrogen and oxygen atoms in total. The average Bonchev–Trinajstić information content (AvgIpc) is 2.62. The summed E-state index contributed by atoms with van der Waals surface area (Å²) in [6.45, 7) is 3.87. The molecule has 124 valence electrons. The summed E-state index contributed by atoms with van der Waals surface area (Å²) in [5.41, 5.74) is 2.29. The molecule has 0 spiro atoms. The van der Waals surface area contributed by atoms with E-state index in [0.29, 0.717) is 19.8 Å². The minimum atomic E-state index is 0.0604. The molecule has 24 heavy (non-hydrogen) atoms. The lowest BCUT2D eigenvalue weighted by Gasteiger charge is -2.36. The van der Waals surface area contributed by atoms with E-state index in [0.717, 1.165) is 11.1 Å². The highest BCUT2D eigenvalue weighted by Gasteiger charge is 2.30. The zero-order chi connectivity index (χ0) is 16.8. The molecular weight excluding hydrogens is 298 g/mol. The Morgan fingerprint density at radius 2 is 1.58 bits per heavy atom. The molecular formula is C21H23NO2. The Bertz CT molecular complexity index is 681. The van der Waals surface area contributed by atoms with Gasteiger partial charge in [-0.2, -0.15) is 0 Å². The first-order valence-corrected chi connectivity index (χ1v) is 8.38. The van der Waals surface area contributed by atoms with Crippen LogP contribution in [0.25, 0.3) is 0 Å². The summed E-state index contributed by atoms with van der Waals surface area (Å²) in [6.07, 6.45) is 3.67. The van der Waals surface area contributed by atoms with E-state index < -0.39 is 0 Å². The topological polar surface area (TPSA) is 29.5 Å². The van der Waals surface area contributed by atoms with Gasteiger partial charge in [-0.15, -0.1) is 0 Å². The first kappa shape index (κ1) is 16.5. The zero-order valence-electron chi connectivity index (χ0n) is 14.0. The van der Waals surface area contributed by atoms with Gasteiger partial charge in [0.25, 0.3) is 0 Å². The second-order valence-electron chi connectivity index (χ2n) is 6.24. The summed E-state index contributed by atoms with van der Waals surface area (Å²) < 4.78 is 5.92. The summed E-state index contributed by atoms with van der Waals surface area (Å²) >= 11 is 0. The quantitative estimate of drug-likeness (QED) is 0.810. The fourth-order valence-corrected chi connectivity index (χ4v) is 2.99. The standard InChI is InChI=1S/C21H23NO2/c1-17-12-13-21(23)22(14-18-8-4-2-5-9-18)20(17)16-24-15-19-10-6-3-7-11-19/h2-13,17,20H,14-16H2,1H3. The Labute approximate surface area is 143 Å². The fraction of sp³-hybridized carbons (Fsp3) is 0.286. The molecule has 0 aromatic heterocycles. The van der Waals surface area contributed by atoms with Gasteiger partial charge in [0.1, 0.15) is 0 Å². The number of amides is 1. The van der Waals surface area contributed by atoms with Gasteiger partial charge in [0, 0.05) is 6.54 Å². The van der Waals surface area contributed by atoms with Crippen molar-refractivity contribution in [2.45, 2.75) is 26.1 Å². The first-order chi connectivity index (χ1) is 11.7. The highest BCUT2D eigenvalue weighted by atomic mass is 16.5. The van der Waals surface area contributed by atoms with Gasteiger partial charge in [-0.1, -0.05) is 73.7 Å². The van der Waals surface area contributed by atoms with Crippen LogP contribution in [0.2, 0.25) is 0 Å². The molecule has 0 fully saturated rings. The smallest absolute Gasteiger partial charge is 0.246 e. The lowest BCUT2D eigenvalue weighted by atomic mass is 9.96. The van der Waals surface area contributed by atoms with Gasteiger partial charge in [0.15, 0.2) is 0 Å². The van der Waals surface area contributed by atoms with Gasteiger partial charge in [0.2, 0.25) is 5.91 Å². The number of ether oxygens (including phenoxy) is 1. The van der Waals surface area contributed by atoms with E-state index in [2.05, 4.69) is 31.2 Å². The monoisotopic (exact) mass is 321 g/mol. The number of benzene rings is 2. The Hall–Kier alpha value is -2.39. The molecule has 2 aromatic carbocycles. The Morgan fingerprint density at radius 1 is 0.958 bits per heavy atom. The third-order valence-electron chi connectivity index (χ3n) is 4.43. The molecule has 1 aliphatic heterocycles. The van der Waals surface area contributed by atoms with Crippen LogP contribution in [0.1, 0.15) is 18.1 Å². The maximum atomic E-state index is 12.4. The number of hydrogen-bond acceptors (Lipinski definition) is 2. The van der Waals surface area contributed by atoms with Crippen molar-refractivity contribution in [2.75, 3.05) is 6.61 Å². The summed E-state index contributed by atoms with van der Waals surface area (Å²) in [5.74, 6) is 0.340. The number of hydrogen-bond donors (Lipinski definition) is 0. The van der Waals surface area contributed by atoms with Crippen molar-refractivity contribution < 1.29 is 9.53 Å². The molecule has 0 saturated carbocycles. The predicted octanol–water partition coefficient (Wildman–Crippen LogP) is 3.81. The van der Waals surface area contributed by atoms with E-state index in [9.17, 15) is 4.79 Å². The highest BCUT2D eigenvalue weighted by molar-refractivity contribution is 5.88. The highest BCUT2D eigenvalue weighted by Crippen LogP contribution is 2.22. The van der Waals surface area contributed by atoms with Crippen LogP contribution in [0.3, 0.4) is 0 Å². The van der Waals surface area contributed by atoms with E-state index in [4.69, 9.17) is 4.74 Å². The molecule has 1 amide bonds. The average molecular weight is 321 g/mol. The Kier molecular flexibility index (Phi) is 5.44. The van der Waals surface area contributed by atoms with Crippen molar-refractivity contribution in [3.05, 3.63) is 83.9 Å². The van der Waals surface area contributed by atoms with Crippen molar-refractivity contribution in [3.8, 4) is 0 Å². The van der Waals surface area contributed by atoms with Gasteiger partial charge < -0.3 is 9.64 Å². The molecule has 0 N–H and O–H groups in total.